The minimum atomic E-state index is -0.786. The van der Waals surface area contributed by atoms with Crippen LogP contribution in [-0.2, 0) is 14.3 Å². The summed E-state index contributed by atoms with van der Waals surface area (Å²) in [6, 6.07) is 1.23. The van der Waals surface area contributed by atoms with Gasteiger partial charge in [-0.3, -0.25) is 10.1 Å². The first-order valence-corrected chi connectivity index (χ1v) is 6.15. The van der Waals surface area contributed by atoms with Gasteiger partial charge >= 0.3 is 11.7 Å². The number of aromatic nitrogens is 1. The lowest BCUT2D eigenvalue weighted by Crippen LogP contribution is -2.47. The molecule has 1 unspecified atom stereocenters. The molecule has 1 saturated heterocycles. The third kappa shape index (κ3) is 2.97. The van der Waals surface area contributed by atoms with Crippen molar-refractivity contribution in [1.82, 2.24) is 4.98 Å². The minimum absolute atomic E-state index is 0.141. The third-order valence-electron chi connectivity index (χ3n) is 2.84. The highest BCUT2D eigenvalue weighted by atomic mass is 35.5. The summed E-state index contributed by atoms with van der Waals surface area (Å²) in [5, 5.41) is 11.2. The number of hydrogen-bond acceptors (Lipinski definition) is 7. The van der Waals surface area contributed by atoms with Crippen molar-refractivity contribution in [1.29, 1.82) is 0 Å². The number of ether oxygens (including phenoxy) is 2. The number of carbonyl (C=O) groups excluding carboxylic acids is 1. The molecule has 1 aliphatic rings. The number of halogens is 1. The minimum Gasteiger partial charge on any atom is -0.467 e. The van der Waals surface area contributed by atoms with Crippen LogP contribution in [0.5, 0.6) is 0 Å². The van der Waals surface area contributed by atoms with Crippen LogP contribution in [0.3, 0.4) is 0 Å². The predicted octanol–water partition coefficient (Wildman–Crippen LogP) is 1.02. The molecular formula is C11H12ClN3O5. The number of methoxy groups -OCH3 is 1. The first-order valence-electron chi connectivity index (χ1n) is 5.77. The number of pyridine rings is 1. The average molecular weight is 302 g/mol. The fraction of sp³-hybridized carbons (Fsp3) is 0.455. The van der Waals surface area contributed by atoms with Crippen LogP contribution in [0, 0.1) is 10.1 Å². The molecule has 1 fully saturated rings. The zero-order valence-corrected chi connectivity index (χ0v) is 11.4. The first-order chi connectivity index (χ1) is 9.52. The lowest BCUT2D eigenvalue weighted by Gasteiger charge is -2.31. The predicted molar refractivity (Wildman–Crippen MR) is 69.9 cm³/mol. The van der Waals surface area contributed by atoms with E-state index < -0.39 is 17.0 Å². The highest BCUT2D eigenvalue weighted by Crippen LogP contribution is 2.29. The van der Waals surface area contributed by atoms with Crippen LogP contribution in [-0.4, -0.2) is 48.8 Å². The Morgan fingerprint density at radius 2 is 2.45 bits per heavy atom. The smallest absolute Gasteiger partial charge is 0.336 e. The Morgan fingerprint density at radius 3 is 3.10 bits per heavy atom. The zero-order chi connectivity index (χ0) is 14.7. The lowest BCUT2D eigenvalue weighted by atomic mass is 10.2. The third-order valence-corrected chi connectivity index (χ3v) is 3.05. The maximum Gasteiger partial charge on any atom is 0.336 e. The van der Waals surface area contributed by atoms with Gasteiger partial charge in [-0.25, -0.2) is 9.78 Å². The molecule has 0 radical (unpaired) electrons. The van der Waals surface area contributed by atoms with Crippen LogP contribution in [0.1, 0.15) is 0 Å². The molecule has 1 aliphatic heterocycles. The molecule has 0 aromatic carbocycles. The van der Waals surface area contributed by atoms with Gasteiger partial charge in [0, 0.05) is 18.8 Å². The van der Waals surface area contributed by atoms with E-state index in [1.54, 1.807) is 4.90 Å². The number of carbonyl (C=O) groups is 1. The van der Waals surface area contributed by atoms with Gasteiger partial charge in [-0.1, -0.05) is 11.6 Å². The maximum atomic E-state index is 11.5. The molecule has 9 heteroatoms. The normalized spacial score (nSPS) is 18.7. The number of morpholine rings is 1. The summed E-state index contributed by atoms with van der Waals surface area (Å²) in [6.45, 7) is 0.784. The Bertz CT molecular complexity index is 539. The van der Waals surface area contributed by atoms with E-state index in [2.05, 4.69) is 9.72 Å². The molecule has 2 heterocycles. The molecule has 1 atom stereocenters. The van der Waals surface area contributed by atoms with Crippen molar-refractivity contribution < 1.29 is 19.2 Å². The second kappa shape index (κ2) is 6.02. The number of esters is 1. The van der Waals surface area contributed by atoms with Crippen molar-refractivity contribution in [3.8, 4) is 0 Å². The quantitative estimate of drug-likeness (QED) is 0.467. The Labute approximate surface area is 119 Å². The molecular weight excluding hydrogens is 290 g/mol. The summed E-state index contributed by atoms with van der Waals surface area (Å²) in [6.07, 6.45) is 0.540. The highest BCUT2D eigenvalue weighted by Gasteiger charge is 2.31. The van der Waals surface area contributed by atoms with Gasteiger partial charge in [-0.15, -0.1) is 0 Å². The maximum absolute atomic E-state index is 11.5. The van der Waals surface area contributed by atoms with E-state index in [1.807, 2.05) is 0 Å². The van der Waals surface area contributed by atoms with Gasteiger partial charge in [0.05, 0.1) is 30.2 Å². The van der Waals surface area contributed by atoms with Crippen LogP contribution in [0.25, 0.3) is 0 Å². The molecule has 0 N–H and O–H groups in total. The van der Waals surface area contributed by atoms with Crippen molar-refractivity contribution in [2.45, 2.75) is 6.10 Å². The van der Waals surface area contributed by atoms with Crippen LogP contribution in [0.15, 0.2) is 12.3 Å². The lowest BCUT2D eigenvalue weighted by molar-refractivity contribution is -0.384. The summed E-state index contributed by atoms with van der Waals surface area (Å²) >= 11 is 5.72. The van der Waals surface area contributed by atoms with E-state index in [0.29, 0.717) is 6.54 Å². The van der Waals surface area contributed by atoms with E-state index >= 15 is 0 Å². The Kier molecular flexibility index (Phi) is 4.35. The van der Waals surface area contributed by atoms with Crippen LogP contribution >= 0.6 is 11.6 Å². The molecule has 0 aliphatic carbocycles. The molecule has 0 bridgehead atoms. The van der Waals surface area contributed by atoms with Crippen LogP contribution in [0.4, 0.5) is 11.5 Å². The standard InChI is InChI=1S/C11H12ClN3O5/c1-19-11(16)9-6-14(2-3-20-9)10-8(15(17)18)4-7(12)5-13-10/h4-5,9H,2-3,6H2,1H3. The molecule has 0 amide bonds. The van der Waals surface area contributed by atoms with Crippen molar-refractivity contribution in [2.24, 2.45) is 0 Å². The van der Waals surface area contributed by atoms with Gasteiger partial charge in [-0.2, -0.15) is 0 Å². The summed E-state index contributed by atoms with van der Waals surface area (Å²) in [7, 11) is 1.26. The van der Waals surface area contributed by atoms with Gasteiger partial charge in [0.25, 0.3) is 0 Å². The number of nitrogens with zero attached hydrogens (tertiary/aromatic N) is 3. The Hall–Kier alpha value is -1.93. The van der Waals surface area contributed by atoms with Gasteiger partial charge in [0.1, 0.15) is 0 Å². The van der Waals surface area contributed by atoms with Crippen molar-refractivity contribution in [3.05, 3.63) is 27.4 Å². The fourth-order valence-electron chi connectivity index (χ4n) is 1.92. The van der Waals surface area contributed by atoms with Crippen molar-refractivity contribution in [3.63, 3.8) is 0 Å². The van der Waals surface area contributed by atoms with Gasteiger partial charge in [0.15, 0.2) is 6.10 Å². The monoisotopic (exact) mass is 301 g/mol. The van der Waals surface area contributed by atoms with Crippen LogP contribution in [0.2, 0.25) is 5.02 Å². The van der Waals surface area contributed by atoms with Crippen LogP contribution < -0.4 is 4.90 Å². The van der Waals surface area contributed by atoms with Crippen molar-refractivity contribution >= 4 is 29.1 Å². The number of anilines is 1. The van der Waals surface area contributed by atoms with Gasteiger partial charge in [0.2, 0.25) is 5.82 Å². The van der Waals surface area contributed by atoms with E-state index in [9.17, 15) is 14.9 Å². The van der Waals surface area contributed by atoms with E-state index in [1.165, 1.54) is 19.4 Å². The SMILES string of the molecule is COC(=O)C1CN(c2ncc(Cl)cc2[N+](=O)[O-])CCO1. The summed E-state index contributed by atoms with van der Waals surface area (Å²) in [5.41, 5.74) is -0.206. The largest absolute Gasteiger partial charge is 0.467 e. The molecule has 1 aromatic rings. The molecule has 108 valence electrons. The molecule has 2 rings (SSSR count). The summed E-state index contributed by atoms with van der Waals surface area (Å²) in [4.78, 5) is 27.6. The molecule has 1 aromatic heterocycles. The number of hydrogen-bond donors (Lipinski definition) is 0. The van der Waals surface area contributed by atoms with E-state index in [0.717, 1.165) is 0 Å². The summed E-state index contributed by atoms with van der Waals surface area (Å²) in [5.74, 6) is -0.358. The second-order valence-electron chi connectivity index (χ2n) is 4.08. The van der Waals surface area contributed by atoms with Gasteiger partial charge < -0.3 is 14.4 Å². The summed E-state index contributed by atoms with van der Waals surface area (Å²) < 4.78 is 9.87. The highest BCUT2D eigenvalue weighted by molar-refractivity contribution is 6.30. The fourth-order valence-corrected chi connectivity index (χ4v) is 2.07. The zero-order valence-electron chi connectivity index (χ0n) is 10.6. The number of rotatable bonds is 3. The Balaban J connectivity index is 2.27. The second-order valence-corrected chi connectivity index (χ2v) is 4.52. The van der Waals surface area contributed by atoms with E-state index in [-0.39, 0.29) is 29.7 Å². The van der Waals surface area contributed by atoms with Gasteiger partial charge in [-0.05, 0) is 0 Å². The molecule has 0 saturated carbocycles. The molecule has 20 heavy (non-hydrogen) atoms. The first kappa shape index (κ1) is 14.5. The van der Waals surface area contributed by atoms with Crippen molar-refractivity contribution in [2.75, 3.05) is 31.7 Å². The topological polar surface area (TPSA) is 94.8 Å². The number of nitro groups is 1. The Morgan fingerprint density at radius 1 is 1.70 bits per heavy atom. The molecule has 0 spiro atoms. The average Bonchev–Trinajstić information content (AvgIpc) is 2.46. The molecule has 8 nitrogen and oxygen atoms in total. The van der Waals surface area contributed by atoms with E-state index in [4.69, 9.17) is 16.3 Å².